The summed E-state index contributed by atoms with van der Waals surface area (Å²) in [6, 6.07) is 17.7. The summed E-state index contributed by atoms with van der Waals surface area (Å²) in [6.45, 7) is 2.22. The molecular formula is C27H30N2O2. The number of carbonyl (C=O) groups excluding carboxylic acids is 2. The zero-order valence-corrected chi connectivity index (χ0v) is 17.9. The topological polar surface area (TPSA) is 49.4 Å². The number of amides is 2. The number of nitrogens with zero attached hydrogens (tertiary/aromatic N) is 1. The van der Waals surface area contributed by atoms with E-state index in [1.54, 1.807) is 0 Å². The number of hydrogen-bond donors (Lipinski definition) is 1. The van der Waals surface area contributed by atoms with Crippen LogP contribution in [0.25, 0.3) is 0 Å². The number of carbonyl (C=O) groups is 2. The zero-order valence-electron chi connectivity index (χ0n) is 17.9. The van der Waals surface area contributed by atoms with Crippen LogP contribution in [0.3, 0.4) is 0 Å². The number of benzene rings is 2. The predicted octanol–water partition coefficient (Wildman–Crippen LogP) is 4.05. The van der Waals surface area contributed by atoms with E-state index in [0.717, 1.165) is 51.7 Å². The van der Waals surface area contributed by atoms with Crippen molar-refractivity contribution in [3.8, 4) is 0 Å². The van der Waals surface area contributed by atoms with E-state index in [9.17, 15) is 9.59 Å². The van der Waals surface area contributed by atoms with Crippen molar-refractivity contribution >= 4 is 11.8 Å². The molecular weight excluding hydrogens is 384 g/mol. The molecule has 0 radical (unpaired) electrons. The van der Waals surface area contributed by atoms with Crippen LogP contribution in [0.5, 0.6) is 0 Å². The number of rotatable bonds is 4. The summed E-state index contributed by atoms with van der Waals surface area (Å²) in [5, 5.41) is 3.31. The second-order valence-corrected chi connectivity index (χ2v) is 9.90. The van der Waals surface area contributed by atoms with Gasteiger partial charge >= 0.3 is 0 Å². The number of fused-ring (bicyclic) bond motifs is 1. The van der Waals surface area contributed by atoms with Crippen LogP contribution in [0, 0.1) is 17.8 Å². The van der Waals surface area contributed by atoms with Crippen molar-refractivity contribution in [1.82, 2.24) is 10.2 Å². The predicted molar refractivity (Wildman–Crippen MR) is 120 cm³/mol. The molecule has 1 atom stereocenters. The quantitative estimate of drug-likeness (QED) is 0.821. The first kappa shape index (κ1) is 19.1. The van der Waals surface area contributed by atoms with Crippen molar-refractivity contribution in [3.63, 3.8) is 0 Å². The first-order valence-electron chi connectivity index (χ1n) is 11.9. The van der Waals surface area contributed by atoms with E-state index in [4.69, 9.17) is 0 Å². The summed E-state index contributed by atoms with van der Waals surface area (Å²) < 4.78 is 0. The Morgan fingerprint density at radius 1 is 0.806 bits per heavy atom. The third-order valence-corrected chi connectivity index (χ3v) is 8.07. The highest BCUT2D eigenvalue weighted by Gasteiger charge is 2.43. The summed E-state index contributed by atoms with van der Waals surface area (Å²) in [5.74, 6) is 2.07. The van der Waals surface area contributed by atoms with Crippen LogP contribution in [0.1, 0.15) is 66.2 Å². The van der Waals surface area contributed by atoms with Gasteiger partial charge in [0.05, 0.1) is 0 Å². The molecule has 1 saturated heterocycles. The maximum absolute atomic E-state index is 12.9. The van der Waals surface area contributed by atoms with Gasteiger partial charge in [-0.1, -0.05) is 48.5 Å². The van der Waals surface area contributed by atoms with Gasteiger partial charge in [0, 0.05) is 43.3 Å². The van der Waals surface area contributed by atoms with Crippen LogP contribution in [-0.2, 0) is 9.59 Å². The van der Waals surface area contributed by atoms with E-state index >= 15 is 0 Å². The normalized spacial score (nSPS) is 26.8. The third-order valence-electron chi connectivity index (χ3n) is 8.07. The van der Waals surface area contributed by atoms with Crippen LogP contribution in [0.4, 0.5) is 0 Å². The maximum atomic E-state index is 12.9. The summed E-state index contributed by atoms with van der Waals surface area (Å²) in [5.41, 5.74) is 5.84. The van der Waals surface area contributed by atoms with E-state index in [1.165, 1.54) is 22.3 Å². The minimum absolute atomic E-state index is 0.0450. The molecule has 2 aromatic rings. The molecule has 2 aromatic carbocycles. The van der Waals surface area contributed by atoms with Crippen molar-refractivity contribution < 1.29 is 9.59 Å². The number of likely N-dealkylation sites (tertiary alicyclic amines) is 1. The molecule has 2 fully saturated rings. The molecule has 31 heavy (non-hydrogen) atoms. The summed E-state index contributed by atoms with van der Waals surface area (Å²) in [6.07, 6.45) is 4.80. The highest BCUT2D eigenvalue weighted by molar-refractivity contribution is 5.82. The van der Waals surface area contributed by atoms with Crippen molar-refractivity contribution in [3.05, 3.63) is 70.8 Å². The van der Waals surface area contributed by atoms with E-state index in [2.05, 4.69) is 53.8 Å². The molecule has 160 valence electrons. The monoisotopic (exact) mass is 414 g/mol. The van der Waals surface area contributed by atoms with Crippen LogP contribution in [0.15, 0.2) is 48.5 Å². The van der Waals surface area contributed by atoms with Crippen molar-refractivity contribution in [2.24, 2.45) is 17.8 Å². The molecule has 0 aromatic heterocycles. The van der Waals surface area contributed by atoms with Crippen molar-refractivity contribution in [2.45, 2.75) is 43.9 Å². The van der Waals surface area contributed by atoms with Crippen LogP contribution in [-0.4, -0.2) is 36.3 Å². The lowest BCUT2D eigenvalue weighted by Gasteiger charge is -2.45. The third kappa shape index (κ3) is 3.28. The Hall–Kier alpha value is -2.62. The molecule has 1 saturated carbocycles. The average molecular weight is 415 g/mol. The van der Waals surface area contributed by atoms with Gasteiger partial charge in [0.15, 0.2) is 0 Å². The molecule has 2 amide bonds. The largest absolute Gasteiger partial charge is 0.356 e. The Balaban J connectivity index is 1.12. The Kier molecular flexibility index (Phi) is 4.62. The van der Waals surface area contributed by atoms with Crippen LogP contribution >= 0.6 is 0 Å². The molecule has 4 heteroatoms. The van der Waals surface area contributed by atoms with Gasteiger partial charge in [-0.05, 0) is 60.3 Å². The smallest absolute Gasteiger partial charge is 0.225 e. The number of nitrogens with one attached hydrogen (secondary N) is 1. The van der Waals surface area contributed by atoms with Crippen molar-refractivity contribution in [1.29, 1.82) is 0 Å². The summed E-state index contributed by atoms with van der Waals surface area (Å²) in [7, 11) is 0. The molecule has 7 rings (SSSR count). The molecule has 4 nitrogen and oxygen atoms in total. The number of piperidine rings is 1. The molecule has 2 bridgehead atoms. The lowest BCUT2D eigenvalue weighted by molar-refractivity contribution is -0.136. The Morgan fingerprint density at radius 2 is 1.39 bits per heavy atom. The van der Waals surface area contributed by atoms with Crippen LogP contribution in [0.2, 0.25) is 0 Å². The molecule has 5 aliphatic rings. The molecule has 1 aliphatic heterocycles. The minimum Gasteiger partial charge on any atom is -0.356 e. The standard InChI is InChI=1S/C27H30N2O2/c30-26(17-11-13-29(14-12-17)27(31)18-9-10-18)28-16-19-15-24-20-5-1-3-7-22(20)25(19)23-8-4-2-6-21(23)24/h1-8,17-19,24-25H,9-16H2,(H,28,30)/t19-,24?,25?/m0/s1. The van der Waals surface area contributed by atoms with Gasteiger partial charge in [-0.15, -0.1) is 0 Å². The first-order valence-corrected chi connectivity index (χ1v) is 11.9. The fourth-order valence-electron chi connectivity index (χ4n) is 6.29. The van der Waals surface area contributed by atoms with E-state index in [-0.39, 0.29) is 17.7 Å². The maximum Gasteiger partial charge on any atom is 0.225 e. The van der Waals surface area contributed by atoms with Crippen molar-refractivity contribution in [2.75, 3.05) is 19.6 Å². The highest BCUT2D eigenvalue weighted by Crippen LogP contribution is 2.55. The average Bonchev–Trinajstić information content (AvgIpc) is 3.68. The summed E-state index contributed by atoms with van der Waals surface area (Å²) >= 11 is 0. The Bertz CT molecular complexity index is 972. The second kappa shape index (κ2) is 7.51. The van der Waals surface area contributed by atoms with E-state index in [1.807, 2.05) is 4.90 Å². The minimum atomic E-state index is 0.0450. The first-order chi connectivity index (χ1) is 15.2. The lowest BCUT2D eigenvalue weighted by atomic mass is 9.59. The van der Waals surface area contributed by atoms with Gasteiger partial charge in [-0.2, -0.15) is 0 Å². The SMILES string of the molecule is O=C(NC[C@@H]1CC2c3ccccc3C1c1ccccc12)C1CCN(C(=O)C2CC2)CC1. The molecule has 1 heterocycles. The van der Waals surface area contributed by atoms with Crippen LogP contribution < -0.4 is 5.32 Å². The van der Waals surface area contributed by atoms with Gasteiger partial charge in [0.1, 0.15) is 0 Å². The summed E-state index contributed by atoms with van der Waals surface area (Å²) in [4.78, 5) is 27.2. The zero-order chi connectivity index (χ0) is 20.9. The highest BCUT2D eigenvalue weighted by atomic mass is 16.2. The van der Waals surface area contributed by atoms with Gasteiger partial charge < -0.3 is 10.2 Å². The molecule has 4 aliphatic carbocycles. The Morgan fingerprint density at radius 3 is 1.97 bits per heavy atom. The molecule has 0 spiro atoms. The van der Waals surface area contributed by atoms with E-state index in [0.29, 0.717) is 23.7 Å². The number of hydrogen-bond acceptors (Lipinski definition) is 2. The Labute approximate surface area is 184 Å². The van der Waals surface area contributed by atoms with Gasteiger partial charge in [-0.3, -0.25) is 9.59 Å². The fourth-order valence-corrected chi connectivity index (χ4v) is 6.29. The van der Waals surface area contributed by atoms with Gasteiger partial charge in [0.25, 0.3) is 0 Å². The lowest BCUT2D eigenvalue weighted by Crippen LogP contribution is -2.45. The molecule has 1 N–H and O–H groups in total. The van der Waals surface area contributed by atoms with Gasteiger partial charge in [0.2, 0.25) is 11.8 Å². The van der Waals surface area contributed by atoms with Gasteiger partial charge in [-0.25, -0.2) is 0 Å². The van der Waals surface area contributed by atoms with E-state index < -0.39 is 0 Å². The fraction of sp³-hybridized carbons (Fsp3) is 0.481. The second-order valence-electron chi connectivity index (χ2n) is 9.90. The molecule has 0 unspecified atom stereocenters.